The SMILES string of the molecule is Cc1ccc(NC(=O)c2cc(S(=O)(=O)N3CCCCC3)cn2C)cc1S(N)(=O)=O. The highest BCUT2D eigenvalue weighted by Gasteiger charge is 2.28. The summed E-state index contributed by atoms with van der Waals surface area (Å²) in [6, 6.07) is 5.69. The van der Waals surface area contributed by atoms with E-state index in [9.17, 15) is 21.6 Å². The number of rotatable bonds is 5. The van der Waals surface area contributed by atoms with E-state index in [1.165, 1.54) is 33.3 Å². The van der Waals surface area contributed by atoms with Gasteiger partial charge in [-0.1, -0.05) is 12.5 Å². The van der Waals surface area contributed by atoms with E-state index in [2.05, 4.69) is 5.32 Å². The summed E-state index contributed by atoms with van der Waals surface area (Å²) in [5.74, 6) is -0.559. The van der Waals surface area contributed by atoms with Crippen LogP contribution in [0.15, 0.2) is 40.3 Å². The van der Waals surface area contributed by atoms with Gasteiger partial charge in [0.25, 0.3) is 5.91 Å². The molecule has 0 atom stereocenters. The van der Waals surface area contributed by atoms with E-state index >= 15 is 0 Å². The van der Waals surface area contributed by atoms with E-state index in [1.54, 1.807) is 20.0 Å². The molecule has 1 fully saturated rings. The number of amides is 1. The molecule has 0 saturated carbocycles. The number of hydrogen-bond donors (Lipinski definition) is 2. The first-order valence-electron chi connectivity index (χ1n) is 9.11. The van der Waals surface area contributed by atoms with Crippen LogP contribution < -0.4 is 10.5 Å². The Morgan fingerprint density at radius 3 is 2.34 bits per heavy atom. The average Bonchev–Trinajstić information content (AvgIpc) is 3.06. The quantitative estimate of drug-likeness (QED) is 0.726. The third kappa shape index (κ3) is 4.53. The van der Waals surface area contributed by atoms with Gasteiger partial charge in [0, 0.05) is 32.0 Å². The van der Waals surface area contributed by atoms with Crippen LogP contribution in [0.3, 0.4) is 0 Å². The Labute approximate surface area is 170 Å². The zero-order valence-electron chi connectivity index (χ0n) is 16.3. The normalized spacial score (nSPS) is 16.0. The van der Waals surface area contributed by atoms with Crippen molar-refractivity contribution >= 4 is 31.6 Å². The molecular weight excluding hydrogens is 416 g/mol. The van der Waals surface area contributed by atoms with E-state index in [4.69, 9.17) is 5.14 Å². The molecule has 1 amide bonds. The van der Waals surface area contributed by atoms with E-state index < -0.39 is 26.0 Å². The molecule has 158 valence electrons. The van der Waals surface area contributed by atoms with Crippen molar-refractivity contribution in [2.45, 2.75) is 36.0 Å². The predicted molar refractivity (Wildman–Crippen MR) is 109 cm³/mol. The summed E-state index contributed by atoms with van der Waals surface area (Å²) >= 11 is 0. The second-order valence-electron chi connectivity index (χ2n) is 7.12. The van der Waals surface area contributed by atoms with Gasteiger partial charge in [0.05, 0.1) is 4.90 Å². The number of sulfonamides is 2. The minimum atomic E-state index is -3.93. The molecule has 2 aromatic rings. The summed E-state index contributed by atoms with van der Waals surface area (Å²) in [5, 5.41) is 7.79. The van der Waals surface area contributed by atoms with Crippen molar-refractivity contribution in [2.75, 3.05) is 18.4 Å². The number of nitrogens with two attached hydrogens (primary N) is 1. The van der Waals surface area contributed by atoms with Crippen molar-refractivity contribution in [2.24, 2.45) is 12.2 Å². The van der Waals surface area contributed by atoms with Crippen LogP contribution in [0.1, 0.15) is 35.3 Å². The number of nitrogens with one attached hydrogen (secondary N) is 1. The van der Waals surface area contributed by atoms with Crippen LogP contribution in [0.25, 0.3) is 0 Å². The maximum absolute atomic E-state index is 12.8. The Kier molecular flexibility index (Phi) is 5.86. The van der Waals surface area contributed by atoms with E-state index in [1.807, 2.05) is 0 Å². The Bertz CT molecular complexity index is 1150. The molecule has 0 radical (unpaired) electrons. The summed E-state index contributed by atoms with van der Waals surface area (Å²) in [7, 11) is -6.02. The second kappa shape index (κ2) is 7.90. The van der Waals surface area contributed by atoms with Crippen LogP contribution in [0.2, 0.25) is 0 Å². The summed E-state index contributed by atoms with van der Waals surface area (Å²) in [6.45, 7) is 2.54. The Balaban J connectivity index is 1.86. The minimum absolute atomic E-state index is 0.0566. The van der Waals surface area contributed by atoms with Crippen LogP contribution in [0, 0.1) is 6.92 Å². The lowest BCUT2D eigenvalue weighted by atomic mass is 10.2. The van der Waals surface area contributed by atoms with Gasteiger partial charge in [-0.15, -0.1) is 0 Å². The fourth-order valence-electron chi connectivity index (χ4n) is 3.33. The van der Waals surface area contributed by atoms with Crippen LogP contribution in [0.4, 0.5) is 5.69 Å². The second-order valence-corrected chi connectivity index (χ2v) is 10.6. The third-order valence-electron chi connectivity index (χ3n) is 4.92. The monoisotopic (exact) mass is 440 g/mol. The number of hydrogen-bond acceptors (Lipinski definition) is 5. The molecule has 1 saturated heterocycles. The standard InChI is InChI=1S/C18H24N4O5S2/c1-13-6-7-14(10-17(13)28(19,24)25)20-18(23)16-11-15(12-21(16)2)29(26,27)22-8-4-3-5-9-22/h6-7,10-12H,3-5,8-9H2,1-2H3,(H,20,23)(H2,19,24,25). The van der Waals surface area contributed by atoms with Crippen LogP contribution in [-0.2, 0) is 27.1 Å². The maximum atomic E-state index is 12.8. The van der Waals surface area contributed by atoms with Crippen molar-refractivity contribution in [3.05, 3.63) is 41.7 Å². The van der Waals surface area contributed by atoms with Gasteiger partial charge < -0.3 is 9.88 Å². The number of carbonyl (C=O) groups is 1. The van der Waals surface area contributed by atoms with Crippen molar-refractivity contribution in [3.8, 4) is 0 Å². The molecule has 1 aromatic carbocycles. The topological polar surface area (TPSA) is 132 Å². The number of aromatic nitrogens is 1. The molecular formula is C18H24N4O5S2. The first-order valence-corrected chi connectivity index (χ1v) is 12.1. The molecule has 29 heavy (non-hydrogen) atoms. The lowest BCUT2D eigenvalue weighted by Crippen LogP contribution is -2.35. The molecule has 9 nitrogen and oxygen atoms in total. The van der Waals surface area contributed by atoms with Gasteiger partial charge in [-0.2, -0.15) is 4.31 Å². The molecule has 3 N–H and O–H groups in total. The molecule has 0 bridgehead atoms. The van der Waals surface area contributed by atoms with E-state index in [-0.39, 0.29) is 21.2 Å². The predicted octanol–water partition coefficient (Wildman–Crippen LogP) is 1.41. The molecule has 0 spiro atoms. The molecule has 11 heteroatoms. The number of primary sulfonamides is 1. The summed E-state index contributed by atoms with van der Waals surface area (Å²) in [5.41, 5.74) is 0.837. The first kappa shape index (κ1) is 21.5. The number of carbonyl (C=O) groups excluding carboxylic acids is 1. The minimum Gasteiger partial charge on any atom is -0.345 e. The van der Waals surface area contributed by atoms with Crippen LogP contribution >= 0.6 is 0 Å². The zero-order chi connectivity index (χ0) is 21.4. The number of anilines is 1. The third-order valence-corrected chi connectivity index (χ3v) is 7.83. The number of piperidine rings is 1. The van der Waals surface area contributed by atoms with Crippen LogP contribution in [-0.4, -0.2) is 44.7 Å². The maximum Gasteiger partial charge on any atom is 0.272 e. The molecule has 0 unspecified atom stereocenters. The fourth-order valence-corrected chi connectivity index (χ4v) is 5.73. The lowest BCUT2D eigenvalue weighted by Gasteiger charge is -2.25. The molecule has 3 rings (SSSR count). The van der Waals surface area contributed by atoms with Gasteiger partial charge in [-0.3, -0.25) is 4.79 Å². The summed E-state index contributed by atoms with van der Waals surface area (Å²) in [4.78, 5) is 12.6. The van der Waals surface area contributed by atoms with Gasteiger partial charge in [-0.25, -0.2) is 22.0 Å². The van der Waals surface area contributed by atoms with Crippen molar-refractivity contribution in [1.29, 1.82) is 0 Å². The first-order chi connectivity index (χ1) is 13.5. The number of aryl methyl sites for hydroxylation is 2. The van der Waals surface area contributed by atoms with Gasteiger partial charge >= 0.3 is 0 Å². The smallest absolute Gasteiger partial charge is 0.272 e. The van der Waals surface area contributed by atoms with Crippen molar-refractivity contribution in [1.82, 2.24) is 8.87 Å². The zero-order valence-corrected chi connectivity index (χ0v) is 17.9. The lowest BCUT2D eigenvalue weighted by molar-refractivity contribution is 0.101. The largest absolute Gasteiger partial charge is 0.345 e. The molecule has 1 aliphatic rings. The van der Waals surface area contributed by atoms with Crippen molar-refractivity contribution < 1.29 is 21.6 Å². The summed E-state index contributed by atoms with van der Waals surface area (Å²) in [6.07, 6.45) is 4.05. The van der Waals surface area contributed by atoms with E-state index in [0.717, 1.165) is 19.3 Å². The average molecular weight is 441 g/mol. The van der Waals surface area contributed by atoms with E-state index in [0.29, 0.717) is 18.7 Å². The van der Waals surface area contributed by atoms with Gasteiger partial charge in [0.2, 0.25) is 20.0 Å². The molecule has 1 aliphatic heterocycles. The number of benzene rings is 1. The highest BCUT2D eigenvalue weighted by atomic mass is 32.2. The molecule has 1 aromatic heterocycles. The number of nitrogens with zero attached hydrogens (tertiary/aromatic N) is 2. The highest BCUT2D eigenvalue weighted by Crippen LogP contribution is 2.24. The summed E-state index contributed by atoms with van der Waals surface area (Å²) < 4.78 is 51.9. The Morgan fingerprint density at radius 1 is 1.07 bits per heavy atom. The molecule has 2 heterocycles. The fraction of sp³-hybridized carbons (Fsp3) is 0.389. The van der Waals surface area contributed by atoms with Gasteiger partial charge in [0.1, 0.15) is 10.6 Å². The van der Waals surface area contributed by atoms with Crippen LogP contribution in [0.5, 0.6) is 0 Å². The highest BCUT2D eigenvalue weighted by molar-refractivity contribution is 7.89. The van der Waals surface area contributed by atoms with Crippen molar-refractivity contribution in [3.63, 3.8) is 0 Å². The Morgan fingerprint density at radius 2 is 1.72 bits per heavy atom. The van der Waals surface area contributed by atoms with Gasteiger partial charge in [-0.05, 0) is 43.5 Å². The van der Waals surface area contributed by atoms with Gasteiger partial charge in [0.15, 0.2) is 0 Å². The Hall–Kier alpha value is -2.21. The molecule has 0 aliphatic carbocycles.